The molecule has 3 aromatic carbocycles. The van der Waals surface area contributed by atoms with Gasteiger partial charge in [0.2, 0.25) is 5.91 Å². The number of benzene rings is 3. The van der Waals surface area contributed by atoms with E-state index in [1.807, 2.05) is 0 Å². The number of hydrogen-bond donors (Lipinski definition) is 3. The van der Waals surface area contributed by atoms with Gasteiger partial charge in [-0.2, -0.15) is 0 Å². The minimum absolute atomic E-state index is 0.00679. The van der Waals surface area contributed by atoms with Crippen LogP contribution < -0.4 is 16.4 Å². The monoisotopic (exact) mass is 454 g/mol. The van der Waals surface area contributed by atoms with E-state index in [0.717, 1.165) is 12.1 Å². The molecule has 1 unspecified atom stereocenters. The van der Waals surface area contributed by atoms with Crippen LogP contribution >= 0.6 is 0 Å². The predicted molar refractivity (Wildman–Crippen MR) is 117 cm³/mol. The van der Waals surface area contributed by atoms with Crippen molar-refractivity contribution in [3.05, 3.63) is 105 Å². The number of primary amides is 1. The molecule has 0 bridgehead atoms. The number of nitro groups is 1. The highest BCUT2D eigenvalue weighted by Crippen LogP contribution is 2.30. The van der Waals surface area contributed by atoms with Gasteiger partial charge in [0.15, 0.2) is 11.6 Å². The summed E-state index contributed by atoms with van der Waals surface area (Å²) in [7, 11) is 0. The molecule has 0 spiro atoms. The molecule has 1 atom stereocenters. The van der Waals surface area contributed by atoms with Crippen LogP contribution in [0.1, 0.15) is 33.9 Å². The Morgan fingerprint density at radius 1 is 1.00 bits per heavy atom. The number of rotatable bonds is 9. The van der Waals surface area contributed by atoms with E-state index in [0.29, 0.717) is 16.7 Å². The van der Waals surface area contributed by atoms with Crippen LogP contribution in [0.2, 0.25) is 0 Å². The summed E-state index contributed by atoms with van der Waals surface area (Å²) in [5.74, 6) is -3.18. The van der Waals surface area contributed by atoms with Crippen LogP contribution in [-0.2, 0) is 11.3 Å². The van der Waals surface area contributed by atoms with E-state index >= 15 is 0 Å². The molecule has 3 aromatic rings. The van der Waals surface area contributed by atoms with E-state index in [4.69, 9.17) is 5.73 Å². The summed E-state index contributed by atoms with van der Waals surface area (Å²) >= 11 is 0. The number of nitrogens with zero attached hydrogens (tertiary/aromatic N) is 1. The Balaban J connectivity index is 1.84. The first-order valence-electron chi connectivity index (χ1n) is 9.85. The number of nitrogens with two attached hydrogens (primary N) is 1. The number of anilines is 1. The molecule has 0 heterocycles. The van der Waals surface area contributed by atoms with Gasteiger partial charge in [-0.15, -0.1) is 0 Å². The molecule has 4 N–H and O–H groups in total. The van der Waals surface area contributed by atoms with Crippen LogP contribution in [-0.4, -0.2) is 16.7 Å². The fraction of sp³-hybridized carbons (Fsp3) is 0.130. The fourth-order valence-corrected chi connectivity index (χ4v) is 3.20. The second-order valence-corrected chi connectivity index (χ2v) is 7.20. The summed E-state index contributed by atoms with van der Waals surface area (Å²) in [6.07, 6.45) is -0.267. The summed E-state index contributed by atoms with van der Waals surface area (Å²) in [6, 6.07) is 14.8. The number of nitrogens with one attached hydrogen (secondary N) is 2. The van der Waals surface area contributed by atoms with Crippen LogP contribution in [0.5, 0.6) is 0 Å². The topological polar surface area (TPSA) is 127 Å². The van der Waals surface area contributed by atoms with Crippen molar-refractivity contribution in [3.8, 4) is 0 Å². The van der Waals surface area contributed by atoms with Crippen LogP contribution in [0.3, 0.4) is 0 Å². The molecule has 0 radical (unpaired) electrons. The summed E-state index contributed by atoms with van der Waals surface area (Å²) in [5.41, 5.74) is 6.16. The summed E-state index contributed by atoms with van der Waals surface area (Å²) in [5, 5.41) is 17.1. The van der Waals surface area contributed by atoms with Crippen molar-refractivity contribution in [2.75, 3.05) is 5.32 Å². The zero-order valence-electron chi connectivity index (χ0n) is 17.3. The zero-order chi connectivity index (χ0) is 24.0. The van der Waals surface area contributed by atoms with E-state index in [1.165, 1.54) is 24.3 Å². The molecule has 0 aliphatic heterocycles. The molecule has 0 aromatic heterocycles. The lowest BCUT2D eigenvalue weighted by atomic mass is 10.0. The molecule has 0 fully saturated rings. The molecule has 0 aliphatic rings. The molecule has 0 saturated heterocycles. The van der Waals surface area contributed by atoms with Crippen LogP contribution in [0.4, 0.5) is 20.2 Å². The molecule has 170 valence electrons. The second-order valence-electron chi connectivity index (χ2n) is 7.20. The largest absolute Gasteiger partial charge is 0.375 e. The minimum atomic E-state index is -1.03. The van der Waals surface area contributed by atoms with E-state index < -0.39 is 34.4 Å². The lowest BCUT2D eigenvalue weighted by Gasteiger charge is -2.19. The van der Waals surface area contributed by atoms with Crippen LogP contribution in [0.15, 0.2) is 66.7 Å². The number of carbonyl (C=O) groups is 2. The normalized spacial score (nSPS) is 11.5. The van der Waals surface area contributed by atoms with Gasteiger partial charge in [-0.3, -0.25) is 19.7 Å². The molecule has 0 saturated carbocycles. The lowest BCUT2D eigenvalue weighted by Crippen LogP contribution is -2.31. The summed E-state index contributed by atoms with van der Waals surface area (Å²) in [6.45, 7) is 0.00679. The quantitative estimate of drug-likeness (QED) is 0.334. The Hall–Kier alpha value is -4.34. The highest BCUT2D eigenvalue weighted by Gasteiger charge is 2.22. The first kappa shape index (κ1) is 23.3. The minimum Gasteiger partial charge on any atom is -0.375 e. The Kier molecular flexibility index (Phi) is 7.29. The molecule has 3 rings (SSSR count). The van der Waals surface area contributed by atoms with Crippen molar-refractivity contribution in [1.29, 1.82) is 0 Å². The van der Waals surface area contributed by atoms with Gasteiger partial charge in [-0.25, -0.2) is 8.78 Å². The van der Waals surface area contributed by atoms with Gasteiger partial charge in [0.1, 0.15) is 5.69 Å². The van der Waals surface area contributed by atoms with E-state index in [2.05, 4.69) is 10.6 Å². The third kappa shape index (κ3) is 6.10. The molecule has 2 amide bonds. The number of nitro benzene ring substituents is 1. The maximum absolute atomic E-state index is 13.4. The maximum Gasteiger partial charge on any atom is 0.292 e. The van der Waals surface area contributed by atoms with E-state index in [9.17, 15) is 28.5 Å². The number of carbonyl (C=O) groups excluding carboxylic acids is 2. The third-order valence-electron chi connectivity index (χ3n) is 4.83. The van der Waals surface area contributed by atoms with Crippen molar-refractivity contribution in [2.45, 2.75) is 19.0 Å². The van der Waals surface area contributed by atoms with Crippen molar-refractivity contribution in [1.82, 2.24) is 5.32 Å². The second kappa shape index (κ2) is 10.3. The van der Waals surface area contributed by atoms with Gasteiger partial charge in [0.05, 0.1) is 17.4 Å². The Labute approximate surface area is 187 Å². The van der Waals surface area contributed by atoms with Gasteiger partial charge in [0.25, 0.3) is 11.6 Å². The molecule has 8 nitrogen and oxygen atoms in total. The summed E-state index contributed by atoms with van der Waals surface area (Å²) in [4.78, 5) is 35.1. The summed E-state index contributed by atoms with van der Waals surface area (Å²) < 4.78 is 26.5. The first-order valence-corrected chi connectivity index (χ1v) is 9.85. The van der Waals surface area contributed by atoms with E-state index in [-0.39, 0.29) is 24.3 Å². The first-order chi connectivity index (χ1) is 15.7. The molecule has 10 heteroatoms. The Morgan fingerprint density at radius 2 is 1.73 bits per heavy atom. The highest BCUT2D eigenvalue weighted by atomic mass is 19.2. The number of hydrogen-bond acceptors (Lipinski definition) is 5. The fourth-order valence-electron chi connectivity index (χ4n) is 3.20. The van der Waals surface area contributed by atoms with Gasteiger partial charge in [0, 0.05) is 18.2 Å². The van der Waals surface area contributed by atoms with Crippen LogP contribution in [0, 0.1) is 21.7 Å². The third-order valence-corrected chi connectivity index (χ3v) is 4.83. The molecule has 33 heavy (non-hydrogen) atoms. The average Bonchev–Trinajstić information content (AvgIpc) is 2.79. The molecule has 0 aliphatic carbocycles. The smallest absolute Gasteiger partial charge is 0.292 e. The van der Waals surface area contributed by atoms with Crippen molar-refractivity contribution >= 4 is 23.2 Å². The van der Waals surface area contributed by atoms with Gasteiger partial charge in [-0.1, -0.05) is 30.3 Å². The van der Waals surface area contributed by atoms with Crippen molar-refractivity contribution in [2.24, 2.45) is 5.73 Å². The van der Waals surface area contributed by atoms with Crippen molar-refractivity contribution in [3.63, 3.8) is 0 Å². The predicted octanol–water partition coefficient (Wildman–Crippen LogP) is 3.83. The van der Waals surface area contributed by atoms with Gasteiger partial charge in [-0.05, 0) is 41.5 Å². The van der Waals surface area contributed by atoms with Crippen molar-refractivity contribution < 1.29 is 23.3 Å². The lowest BCUT2D eigenvalue weighted by molar-refractivity contribution is -0.384. The van der Waals surface area contributed by atoms with Gasteiger partial charge >= 0.3 is 0 Å². The zero-order valence-corrected chi connectivity index (χ0v) is 17.3. The Morgan fingerprint density at radius 3 is 2.36 bits per heavy atom. The molecular formula is C23H20F2N4O4. The Bertz CT molecular complexity index is 1190. The average molecular weight is 454 g/mol. The highest BCUT2D eigenvalue weighted by molar-refractivity contribution is 5.94. The standard InChI is InChI=1S/C23H20F2N4O4/c24-17-8-6-14(10-18(17)25)13-27-19-9-7-16(11-21(19)29(32)33)20(12-22(26)30)28-23(31)15-4-2-1-3-5-15/h1-11,20,27H,12-13H2,(H2,26,30)(H,28,31). The van der Waals surface area contributed by atoms with Crippen LogP contribution in [0.25, 0.3) is 0 Å². The van der Waals surface area contributed by atoms with Gasteiger partial charge < -0.3 is 16.4 Å². The number of halogens is 2. The van der Waals surface area contributed by atoms with E-state index in [1.54, 1.807) is 30.3 Å². The SMILES string of the molecule is NC(=O)CC(NC(=O)c1ccccc1)c1ccc(NCc2ccc(F)c(F)c2)c([N+](=O)[O-])c1. The number of amides is 2. The molecular weight excluding hydrogens is 434 g/mol. The maximum atomic E-state index is 13.4.